The van der Waals surface area contributed by atoms with E-state index in [0.29, 0.717) is 11.4 Å². The Kier molecular flexibility index (Phi) is 4.02. The Labute approximate surface area is 115 Å². The lowest BCUT2D eigenvalue weighted by Crippen LogP contribution is -2.19. The molecule has 2 aromatic rings. The second kappa shape index (κ2) is 5.71. The van der Waals surface area contributed by atoms with Crippen molar-refractivity contribution in [2.45, 2.75) is 6.92 Å². The van der Waals surface area contributed by atoms with E-state index in [1.54, 1.807) is 6.07 Å². The molecule has 19 heavy (non-hydrogen) atoms. The summed E-state index contributed by atoms with van der Waals surface area (Å²) in [6, 6.07) is 11.0. The van der Waals surface area contributed by atoms with Crippen LogP contribution in [0.5, 0.6) is 0 Å². The molecule has 0 aliphatic rings. The number of nitrogens with one attached hydrogen (secondary N) is 2. The first-order valence-corrected chi connectivity index (χ1v) is 6.02. The zero-order valence-electron chi connectivity index (χ0n) is 10.2. The van der Waals surface area contributed by atoms with E-state index in [9.17, 15) is 9.18 Å². The Morgan fingerprint density at radius 3 is 2.42 bits per heavy atom. The van der Waals surface area contributed by atoms with Crippen molar-refractivity contribution >= 4 is 29.0 Å². The fourth-order valence-corrected chi connectivity index (χ4v) is 1.77. The summed E-state index contributed by atoms with van der Waals surface area (Å²) in [5.74, 6) is -0.522. The van der Waals surface area contributed by atoms with Crippen molar-refractivity contribution in [3.8, 4) is 0 Å². The van der Waals surface area contributed by atoms with Gasteiger partial charge in [0, 0.05) is 11.4 Å². The molecule has 2 N–H and O–H groups in total. The van der Waals surface area contributed by atoms with Crippen LogP contribution in [0, 0.1) is 12.7 Å². The maximum atomic E-state index is 13.0. The Bertz CT molecular complexity index is 616. The molecule has 0 bridgehead atoms. The lowest BCUT2D eigenvalue weighted by Gasteiger charge is -2.08. The number of anilines is 2. The van der Waals surface area contributed by atoms with Crippen LogP contribution in [0.15, 0.2) is 42.5 Å². The van der Waals surface area contributed by atoms with Gasteiger partial charge in [-0.05, 0) is 42.8 Å². The number of hydrogen-bond donors (Lipinski definition) is 2. The summed E-state index contributed by atoms with van der Waals surface area (Å²) >= 11 is 5.63. The lowest BCUT2D eigenvalue weighted by atomic mass is 10.2. The van der Waals surface area contributed by atoms with Gasteiger partial charge in [-0.1, -0.05) is 23.7 Å². The summed E-state index contributed by atoms with van der Waals surface area (Å²) in [5, 5.41) is 5.22. The molecule has 0 saturated carbocycles. The van der Waals surface area contributed by atoms with E-state index in [0.717, 1.165) is 5.56 Å². The molecule has 0 aliphatic carbocycles. The number of carbonyl (C=O) groups is 1. The fourth-order valence-electron chi connectivity index (χ4n) is 1.59. The molecule has 98 valence electrons. The summed E-state index contributed by atoms with van der Waals surface area (Å²) in [5.41, 5.74) is 2.16. The number of rotatable bonds is 2. The highest BCUT2D eigenvalue weighted by molar-refractivity contribution is 6.31. The highest BCUT2D eigenvalue weighted by atomic mass is 35.5. The third kappa shape index (κ3) is 3.69. The Morgan fingerprint density at radius 2 is 1.79 bits per heavy atom. The average Bonchev–Trinajstić information content (AvgIpc) is 2.34. The molecule has 2 amide bonds. The Morgan fingerprint density at radius 1 is 1.11 bits per heavy atom. The van der Waals surface area contributed by atoms with Crippen LogP contribution in [-0.2, 0) is 0 Å². The Hall–Kier alpha value is -2.07. The number of amides is 2. The first-order valence-electron chi connectivity index (χ1n) is 5.64. The molecule has 0 saturated heterocycles. The second-order valence-electron chi connectivity index (χ2n) is 4.08. The zero-order valence-corrected chi connectivity index (χ0v) is 11.0. The van der Waals surface area contributed by atoms with Gasteiger partial charge in [0.05, 0.1) is 5.02 Å². The van der Waals surface area contributed by atoms with Crippen LogP contribution in [0.25, 0.3) is 0 Å². The maximum Gasteiger partial charge on any atom is 0.323 e. The molecule has 3 nitrogen and oxygen atoms in total. The number of carbonyl (C=O) groups excluding carboxylic acids is 1. The molecule has 0 aliphatic heterocycles. The average molecular weight is 279 g/mol. The van der Waals surface area contributed by atoms with E-state index >= 15 is 0 Å². The molecule has 0 heterocycles. The van der Waals surface area contributed by atoms with E-state index in [-0.39, 0.29) is 5.02 Å². The van der Waals surface area contributed by atoms with E-state index in [2.05, 4.69) is 10.6 Å². The summed E-state index contributed by atoms with van der Waals surface area (Å²) in [6.45, 7) is 1.93. The maximum absolute atomic E-state index is 13.0. The van der Waals surface area contributed by atoms with E-state index in [1.165, 1.54) is 18.2 Å². The summed E-state index contributed by atoms with van der Waals surface area (Å²) in [4.78, 5) is 11.7. The van der Waals surface area contributed by atoms with Crippen LogP contribution in [-0.4, -0.2) is 6.03 Å². The van der Waals surface area contributed by atoms with Gasteiger partial charge in [0.2, 0.25) is 0 Å². The minimum Gasteiger partial charge on any atom is -0.308 e. The third-order valence-corrected chi connectivity index (χ3v) is 2.74. The first kappa shape index (κ1) is 13.4. The van der Waals surface area contributed by atoms with E-state index < -0.39 is 11.8 Å². The normalized spacial score (nSPS) is 10.1. The lowest BCUT2D eigenvalue weighted by molar-refractivity contribution is 0.262. The number of benzene rings is 2. The van der Waals surface area contributed by atoms with Gasteiger partial charge in [-0.25, -0.2) is 9.18 Å². The minimum absolute atomic E-state index is 0.0339. The van der Waals surface area contributed by atoms with Gasteiger partial charge in [-0.2, -0.15) is 0 Å². The van der Waals surface area contributed by atoms with E-state index in [1.807, 2.05) is 25.1 Å². The van der Waals surface area contributed by atoms with Crippen molar-refractivity contribution in [2.75, 3.05) is 10.6 Å². The van der Waals surface area contributed by atoms with Crippen molar-refractivity contribution < 1.29 is 9.18 Å². The van der Waals surface area contributed by atoms with Crippen LogP contribution in [0.3, 0.4) is 0 Å². The molecular weight excluding hydrogens is 267 g/mol. The second-order valence-corrected chi connectivity index (χ2v) is 4.48. The predicted molar refractivity (Wildman–Crippen MR) is 75.2 cm³/mol. The Balaban J connectivity index is 2.03. The standard InChI is InChI=1S/C14H12ClFN2O/c1-9-3-2-4-10(7-9)17-14(19)18-11-5-6-13(16)12(15)8-11/h2-8H,1H3,(H2,17,18,19). The minimum atomic E-state index is -0.522. The smallest absolute Gasteiger partial charge is 0.308 e. The molecule has 5 heteroatoms. The zero-order chi connectivity index (χ0) is 13.8. The first-order chi connectivity index (χ1) is 9.04. The molecule has 0 radical (unpaired) electrons. The highest BCUT2D eigenvalue weighted by Crippen LogP contribution is 2.19. The molecular formula is C14H12ClFN2O. The quantitative estimate of drug-likeness (QED) is 0.838. The number of halogens is 2. The van der Waals surface area contributed by atoms with Gasteiger partial charge in [-0.15, -0.1) is 0 Å². The van der Waals surface area contributed by atoms with Crippen LogP contribution in [0.1, 0.15) is 5.56 Å². The summed E-state index contributed by atoms with van der Waals surface area (Å²) < 4.78 is 13.0. The molecule has 0 spiro atoms. The summed E-state index contributed by atoms with van der Waals surface area (Å²) in [7, 11) is 0. The molecule has 0 fully saturated rings. The van der Waals surface area contributed by atoms with Gasteiger partial charge in [0.15, 0.2) is 0 Å². The van der Waals surface area contributed by atoms with Gasteiger partial charge < -0.3 is 10.6 Å². The van der Waals surface area contributed by atoms with Gasteiger partial charge >= 0.3 is 6.03 Å². The van der Waals surface area contributed by atoms with E-state index in [4.69, 9.17) is 11.6 Å². The van der Waals surface area contributed by atoms with Crippen molar-refractivity contribution in [1.82, 2.24) is 0 Å². The van der Waals surface area contributed by atoms with Crippen LogP contribution in [0.4, 0.5) is 20.6 Å². The van der Waals surface area contributed by atoms with Crippen molar-refractivity contribution in [3.63, 3.8) is 0 Å². The van der Waals surface area contributed by atoms with Crippen LogP contribution in [0.2, 0.25) is 5.02 Å². The fraction of sp³-hybridized carbons (Fsp3) is 0.0714. The van der Waals surface area contributed by atoms with Gasteiger partial charge in [0.25, 0.3) is 0 Å². The molecule has 0 aromatic heterocycles. The summed E-state index contributed by atoms with van der Waals surface area (Å²) in [6.07, 6.45) is 0. The van der Waals surface area contributed by atoms with Gasteiger partial charge in [0.1, 0.15) is 5.82 Å². The molecule has 2 rings (SSSR count). The van der Waals surface area contributed by atoms with Gasteiger partial charge in [-0.3, -0.25) is 0 Å². The monoisotopic (exact) mass is 278 g/mol. The van der Waals surface area contributed by atoms with Crippen molar-refractivity contribution in [1.29, 1.82) is 0 Å². The van der Waals surface area contributed by atoms with Crippen LogP contribution >= 0.6 is 11.6 Å². The number of hydrogen-bond acceptors (Lipinski definition) is 1. The SMILES string of the molecule is Cc1cccc(NC(=O)Nc2ccc(F)c(Cl)c2)c1. The number of aryl methyl sites for hydroxylation is 1. The number of urea groups is 1. The van der Waals surface area contributed by atoms with Crippen molar-refractivity contribution in [3.05, 3.63) is 58.9 Å². The molecule has 0 atom stereocenters. The third-order valence-electron chi connectivity index (χ3n) is 2.45. The highest BCUT2D eigenvalue weighted by Gasteiger charge is 2.05. The molecule has 0 unspecified atom stereocenters. The van der Waals surface area contributed by atoms with Crippen LogP contribution < -0.4 is 10.6 Å². The topological polar surface area (TPSA) is 41.1 Å². The largest absolute Gasteiger partial charge is 0.323 e. The predicted octanol–water partition coefficient (Wildman–Crippen LogP) is 4.43. The molecule has 2 aromatic carbocycles. The van der Waals surface area contributed by atoms with Crippen molar-refractivity contribution in [2.24, 2.45) is 0 Å².